The van der Waals surface area contributed by atoms with Gasteiger partial charge < -0.3 is 35.5 Å². The molecule has 3 saturated heterocycles. The molecule has 3 aromatic carbocycles. The smallest absolute Gasteiger partial charge is 0.251 e. The summed E-state index contributed by atoms with van der Waals surface area (Å²) in [6.07, 6.45) is 7.18. The normalized spacial score (nSPS) is 18.7. The Balaban J connectivity index is 0.831. The topological polar surface area (TPSA) is 187 Å². The van der Waals surface area contributed by atoms with Gasteiger partial charge in [0.25, 0.3) is 5.91 Å². The summed E-state index contributed by atoms with van der Waals surface area (Å²) < 4.78 is 12.5. The van der Waals surface area contributed by atoms with Crippen LogP contribution in [-0.2, 0) is 17.9 Å². The molecule has 65 heavy (non-hydrogen) atoms. The highest BCUT2D eigenvalue weighted by molar-refractivity contribution is 9.10. The lowest BCUT2D eigenvalue weighted by atomic mass is 9.94. The summed E-state index contributed by atoms with van der Waals surface area (Å²) in [7, 11) is 0. The number of nitrogen functional groups attached to an aromatic ring is 1. The Morgan fingerprint density at radius 3 is 2.66 bits per heavy atom. The highest BCUT2D eigenvalue weighted by atomic mass is 79.9. The first kappa shape index (κ1) is 40.8. The van der Waals surface area contributed by atoms with Gasteiger partial charge in [0.1, 0.15) is 35.2 Å². The van der Waals surface area contributed by atoms with Gasteiger partial charge in [-0.3, -0.25) is 4.79 Å². The van der Waals surface area contributed by atoms with E-state index in [4.69, 9.17) is 30.5 Å². The molecule has 1 unspecified atom stereocenters. The maximum Gasteiger partial charge on any atom is 0.251 e. The minimum atomic E-state index is -0.152. The predicted molar refractivity (Wildman–Crippen MR) is 253 cm³/mol. The molecule has 330 valence electrons. The molecule has 11 rings (SSSR count). The summed E-state index contributed by atoms with van der Waals surface area (Å²) in [4.78, 5) is 42.6. The van der Waals surface area contributed by atoms with Gasteiger partial charge in [0.05, 0.1) is 46.2 Å². The van der Waals surface area contributed by atoms with Crippen LogP contribution < -0.4 is 26.0 Å². The maximum atomic E-state index is 14.4. The van der Waals surface area contributed by atoms with Gasteiger partial charge in [-0.2, -0.15) is 24.7 Å². The van der Waals surface area contributed by atoms with E-state index in [0.29, 0.717) is 83.0 Å². The average molecular weight is 935 g/mol. The van der Waals surface area contributed by atoms with Gasteiger partial charge >= 0.3 is 0 Å². The van der Waals surface area contributed by atoms with Crippen molar-refractivity contribution in [2.24, 2.45) is 5.92 Å². The number of anilines is 3. The van der Waals surface area contributed by atoms with Crippen molar-refractivity contribution in [1.29, 1.82) is 0 Å². The quantitative estimate of drug-likeness (QED) is 0.113. The standard InChI is InChI=1S/C47H48BrN15O2/c1-28-12-17-38-36(20-28)55-39(22-51-46-57-47(56-43-35(48)21-54-63(43)46)60-24-31-8-6-18-50-37(31)26-60)61(38)23-29(2)45(64)59-19-7-9-32(25-59)62-44-40(42(49)52-27-53-44)41(58-62)30-13-15-34(16-14-30)65-33-10-4-3-5-11-33/h3-5,10-17,20-21,27,31-32,37,50H,2,6-9,18-19,22-26H2,1H3,(H2,49,52,53)(H,51,56,57)/t31-,32?,37+/m0/s1. The molecule has 5 aromatic heterocycles. The SMILES string of the molecule is C=C(Cn1c(CNc2nc(N3C[C@@H]4CCCN[C@@H]4C3)nc3c(Br)cnn23)nc2cc(C)ccc21)C(=O)N1CCCC(n2nc(-c3ccc(Oc4ccccc4)cc3)c3c(N)ncnc32)C1. The number of imidazole rings is 1. The highest BCUT2D eigenvalue weighted by Gasteiger charge is 2.36. The lowest BCUT2D eigenvalue weighted by Crippen LogP contribution is -2.42. The molecule has 8 heterocycles. The Bertz CT molecular complexity index is 3080. The Morgan fingerprint density at radius 2 is 1.82 bits per heavy atom. The number of halogens is 1. The van der Waals surface area contributed by atoms with Crippen LogP contribution >= 0.6 is 15.9 Å². The number of nitrogens with one attached hydrogen (secondary N) is 2. The molecule has 3 atom stereocenters. The fourth-order valence-corrected chi connectivity index (χ4v) is 9.99. The monoisotopic (exact) mass is 933 g/mol. The van der Waals surface area contributed by atoms with E-state index in [0.717, 1.165) is 70.7 Å². The summed E-state index contributed by atoms with van der Waals surface area (Å²) in [5.74, 6) is 4.21. The van der Waals surface area contributed by atoms with Crippen LogP contribution in [0, 0.1) is 12.8 Å². The number of aryl methyl sites for hydroxylation is 1. The third-order valence-electron chi connectivity index (χ3n) is 12.9. The second kappa shape index (κ2) is 16.9. The van der Waals surface area contributed by atoms with Crippen molar-refractivity contribution < 1.29 is 9.53 Å². The molecule has 1 amide bonds. The van der Waals surface area contributed by atoms with Gasteiger partial charge in [0, 0.05) is 43.4 Å². The summed E-state index contributed by atoms with van der Waals surface area (Å²) in [6, 6.07) is 23.9. The number of nitrogens with zero attached hydrogens (tertiary/aromatic N) is 12. The van der Waals surface area contributed by atoms with E-state index in [2.05, 4.69) is 75.9 Å². The number of carbonyl (C=O) groups excluding carboxylic acids is 1. The number of para-hydroxylation sites is 1. The second-order valence-electron chi connectivity index (χ2n) is 17.2. The molecule has 18 heteroatoms. The van der Waals surface area contributed by atoms with Crippen LogP contribution in [-0.4, -0.2) is 98.5 Å². The maximum absolute atomic E-state index is 14.4. The first-order chi connectivity index (χ1) is 31.7. The van der Waals surface area contributed by atoms with Gasteiger partial charge in [-0.1, -0.05) is 30.8 Å². The van der Waals surface area contributed by atoms with Crippen molar-refractivity contribution in [2.75, 3.05) is 48.7 Å². The molecule has 8 aromatic rings. The molecule has 0 spiro atoms. The van der Waals surface area contributed by atoms with E-state index in [1.54, 1.807) is 10.7 Å². The third-order valence-corrected chi connectivity index (χ3v) is 13.4. The van der Waals surface area contributed by atoms with E-state index >= 15 is 0 Å². The molecule has 3 fully saturated rings. The minimum absolute atomic E-state index is 0.119. The number of rotatable bonds is 11. The Hall–Kier alpha value is -6.92. The van der Waals surface area contributed by atoms with Crippen LogP contribution in [0.15, 0.2) is 102 Å². The van der Waals surface area contributed by atoms with Crippen molar-refractivity contribution >= 4 is 67.3 Å². The third kappa shape index (κ3) is 7.79. The molecular formula is C47H48BrN15O2. The van der Waals surface area contributed by atoms with Gasteiger partial charge in [0.2, 0.25) is 11.9 Å². The van der Waals surface area contributed by atoms with Crippen LogP contribution in [0.2, 0.25) is 0 Å². The molecule has 0 aliphatic carbocycles. The number of carbonyl (C=O) groups is 1. The van der Waals surface area contributed by atoms with Crippen LogP contribution in [0.3, 0.4) is 0 Å². The minimum Gasteiger partial charge on any atom is -0.457 e. The number of benzene rings is 3. The van der Waals surface area contributed by atoms with Crippen LogP contribution in [0.1, 0.15) is 43.1 Å². The van der Waals surface area contributed by atoms with Crippen LogP contribution in [0.4, 0.5) is 17.7 Å². The molecule has 0 bridgehead atoms. The summed E-state index contributed by atoms with van der Waals surface area (Å²) in [5.41, 5.74) is 12.6. The number of aromatic nitrogens is 10. The summed E-state index contributed by atoms with van der Waals surface area (Å²) in [5, 5.41) is 17.6. The number of piperidine rings is 2. The molecule has 4 N–H and O–H groups in total. The molecule has 3 aliphatic rings. The largest absolute Gasteiger partial charge is 0.457 e. The van der Waals surface area contributed by atoms with Crippen molar-refractivity contribution in [2.45, 2.75) is 57.8 Å². The van der Waals surface area contributed by atoms with Gasteiger partial charge in [0.15, 0.2) is 11.3 Å². The van der Waals surface area contributed by atoms with E-state index in [9.17, 15) is 4.79 Å². The number of likely N-dealkylation sites (tertiary alicyclic amines) is 1. The number of nitrogens with two attached hydrogens (primary N) is 1. The fraction of sp³-hybridized carbons (Fsp3) is 0.319. The Morgan fingerprint density at radius 1 is 0.969 bits per heavy atom. The van der Waals surface area contributed by atoms with Gasteiger partial charge in [-0.25, -0.2) is 19.6 Å². The first-order valence-electron chi connectivity index (χ1n) is 22.1. The van der Waals surface area contributed by atoms with Crippen molar-refractivity contribution in [3.05, 3.63) is 113 Å². The van der Waals surface area contributed by atoms with Crippen LogP contribution in [0.5, 0.6) is 11.5 Å². The highest BCUT2D eigenvalue weighted by Crippen LogP contribution is 2.36. The van der Waals surface area contributed by atoms with Gasteiger partial charge in [-0.05, 0) is 115 Å². The van der Waals surface area contributed by atoms with E-state index in [-0.39, 0.29) is 18.5 Å². The first-order valence-corrected chi connectivity index (χ1v) is 22.9. The van der Waals surface area contributed by atoms with Crippen molar-refractivity contribution in [1.82, 2.24) is 59.1 Å². The van der Waals surface area contributed by atoms with Crippen LogP contribution in [0.25, 0.3) is 39.0 Å². The van der Waals surface area contributed by atoms with E-state index in [1.807, 2.05) is 71.1 Å². The van der Waals surface area contributed by atoms with Gasteiger partial charge in [-0.15, -0.1) is 0 Å². The zero-order chi connectivity index (χ0) is 44.2. The second-order valence-corrected chi connectivity index (χ2v) is 18.1. The zero-order valence-corrected chi connectivity index (χ0v) is 37.5. The fourth-order valence-electron chi connectivity index (χ4n) is 9.64. The average Bonchev–Trinajstić information content (AvgIpc) is 4.12. The van der Waals surface area contributed by atoms with Crippen molar-refractivity contribution in [3.63, 3.8) is 0 Å². The molecule has 3 aliphatic heterocycles. The molecule has 0 saturated carbocycles. The Kier molecular flexibility index (Phi) is 10.6. The Labute approximate surface area is 382 Å². The predicted octanol–water partition coefficient (Wildman–Crippen LogP) is 6.95. The summed E-state index contributed by atoms with van der Waals surface area (Å²) in [6.45, 7) is 10.8. The molecule has 0 radical (unpaired) electrons. The number of hydrogen-bond donors (Lipinski definition) is 3. The number of ether oxygens (including phenoxy) is 1. The van der Waals surface area contributed by atoms with E-state index in [1.165, 1.54) is 19.2 Å². The summed E-state index contributed by atoms with van der Waals surface area (Å²) >= 11 is 3.65. The molecular weight excluding hydrogens is 887 g/mol. The lowest BCUT2D eigenvalue weighted by molar-refractivity contribution is -0.129. The number of hydrogen-bond acceptors (Lipinski definition) is 13. The van der Waals surface area contributed by atoms with E-state index < -0.39 is 0 Å². The molecule has 17 nitrogen and oxygen atoms in total. The lowest BCUT2D eigenvalue weighted by Gasteiger charge is -2.33. The zero-order valence-electron chi connectivity index (χ0n) is 35.9. The number of fused-ring (bicyclic) bond motifs is 4. The number of amides is 1. The van der Waals surface area contributed by atoms with Crippen molar-refractivity contribution in [3.8, 4) is 22.8 Å².